The standard InChI is InChI=1S/C12H17NO2/c1-12(6-8-13-9-7-12)15-11-5-3-2-4-10(11)14/h2-5,13-14H,6-9H2,1H3. The number of aromatic hydroxyl groups is 1. The second kappa shape index (κ2) is 4.11. The topological polar surface area (TPSA) is 41.5 Å². The molecular formula is C12H17NO2. The van der Waals surface area contributed by atoms with Crippen LogP contribution in [0.2, 0.25) is 0 Å². The van der Waals surface area contributed by atoms with Crippen molar-refractivity contribution in [3.05, 3.63) is 24.3 Å². The number of ether oxygens (including phenoxy) is 1. The number of phenols is 1. The third-order valence-corrected chi connectivity index (χ3v) is 2.88. The summed E-state index contributed by atoms with van der Waals surface area (Å²) >= 11 is 0. The molecule has 0 bridgehead atoms. The zero-order valence-electron chi connectivity index (χ0n) is 8.99. The first-order valence-corrected chi connectivity index (χ1v) is 5.37. The van der Waals surface area contributed by atoms with Crippen LogP contribution in [0.25, 0.3) is 0 Å². The van der Waals surface area contributed by atoms with Gasteiger partial charge in [0.15, 0.2) is 11.5 Å². The highest BCUT2D eigenvalue weighted by Crippen LogP contribution is 2.31. The van der Waals surface area contributed by atoms with Crippen molar-refractivity contribution < 1.29 is 9.84 Å². The first-order chi connectivity index (χ1) is 7.20. The fraction of sp³-hybridized carbons (Fsp3) is 0.500. The van der Waals surface area contributed by atoms with Crippen LogP contribution in [-0.4, -0.2) is 23.8 Å². The second-order valence-electron chi connectivity index (χ2n) is 4.27. The molecule has 1 aromatic carbocycles. The van der Waals surface area contributed by atoms with Gasteiger partial charge in [-0.15, -0.1) is 0 Å². The minimum absolute atomic E-state index is 0.149. The van der Waals surface area contributed by atoms with Crippen LogP contribution in [-0.2, 0) is 0 Å². The fourth-order valence-electron chi connectivity index (χ4n) is 1.87. The van der Waals surface area contributed by atoms with Crippen molar-refractivity contribution in [2.24, 2.45) is 0 Å². The molecule has 82 valence electrons. The molecule has 2 rings (SSSR count). The van der Waals surface area contributed by atoms with E-state index in [4.69, 9.17) is 4.74 Å². The van der Waals surface area contributed by atoms with Gasteiger partial charge in [-0.2, -0.15) is 0 Å². The minimum Gasteiger partial charge on any atom is -0.504 e. The van der Waals surface area contributed by atoms with E-state index in [0.29, 0.717) is 5.75 Å². The SMILES string of the molecule is CC1(Oc2ccccc2O)CCNCC1. The summed E-state index contributed by atoms with van der Waals surface area (Å²) in [6.07, 6.45) is 1.95. The number of hydrogen-bond acceptors (Lipinski definition) is 3. The van der Waals surface area contributed by atoms with E-state index >= 15 is 0 Å². The number of piperidine rings is 1. The Morgan fingerprint density at radius 2 is 1.93 bits per heavy atom. The van der Waals surface area contributed by atoms with Crippen molar-refractivity contribution in [2.45, 2.75) is 25.4 Å². The van der Waals surface area contributed by atoms with Crippen molar-refractivity contribution in [1.29, 1.82) is 0 Å². The summed E-state index contributed by atoms with van der Waals surface area (Å²) in [7, 11) is 0. The van der Waals surface area contributed by atoms with E-state index in [2.05, 4.69) is 12.2 Å². The van der Waals surface area contributed by atoms with Gasteiger partial charge in [0.2, 0.25) is 0 Å². The average Bonchev–Trinajstić information content (AvgIpc) is 2.22. The predicted octanol–water partition coefficient (Wildman–Crippen LogP) is 1.91. The van der Waals surface area contributed by atoms with Crippen LogP contribution in [0.1, 0.15) is 19.8 Å². The monoisotopic (exact) mass is 207 g/mol. The highest BCUT2D eigenvalue weighted by Gasteiger charge is 2.29. The number of hydrogen-bond donors (Lipinski definition) is 2. The molecular weight excluding hydrogens is 190 g/mol. The quantitative estimate of drug-likeness (QED) is 0.778. The van der Waals surface area contributed by atoms with Gasteiger partial charge in [-0.05, 0) is 45.0 Å². The Hall–Kier alpha value is -1.22. The zero-order valence-corrected chi connectivity index (χ0v) is 8.99. The van der Waals surface area contributed by atoms with Crippen molar-refractivity contribution in [3.8, 4) is 11.5 Å². The Morgan fingerprint density at radius 3 is 2.60 bits per heavy atom. The first-order valence-electron chi connectivity index (χ1n) is 5.37. The molecule has 1 heterocycles. The Balaban J connectivity index is 2.10. The van der Waals surface area contributed by atoms with Crippen LogP contribution in [0.4, 0.5) is 0 Å². The molecule has 0 saturated carbocycles. The first kappa shape index (κ1) is 10.3. The summed E-state index contributed by atoms with van der Waals surface area (Å²) in [5.74, 6) is 0.805. The Kier molecular flexibility index (Phi) is 2.82. The molecule has 0 unspecified atom stereocenters. The molecule has 1 fully saturated rings. The lowest BCUT2D eigenvalue weighted by atomic mass is 9.94. The maximum atomic E-state index is 9.61. The number of para-hydroxylation sites is 2. The zero-order chi connectivity index (χ0) is 10.7. The highest BCUT2D eigenvalue weighted by atomic mass is 16.5. The number of nitrogens with one attached hydrogen (secondary N) is 1. The van der Waals surface area contributed by atoms with E-state index < -0.39 is 0 Å². The largest absolute Gasteiger partial charge is 0.504 e. The third kappa shape index (κ3) is 2.42. The molecule has 3 heteroatoms. The summed E-state index contributed by atoms with van der Waals surface area (Å²) in [5.41, 5.74) is -0.149. The minimum atomic E-state index is -0.149. The molecule has 0 atom stereocenters. The van der Waals surface area contributed by atoms with Gasteiger partial charge < -0.3 is 15.2 Å². The summed E-state index contributed by atoms with van der Waals surface area (Å²) in [4.78, 5) is 0. The second-order valence-corrected chi connectivity index (χ2v) is 4.27. The number of rotatable bonds is 2. The van der Waals surface area contributed by atoms with Gasteiger partial charge in [0.1, 0.15) is 5.60 Å². The summed E-state index contributed by atoms with van der Waals surface area (Å²) < 4.78 is 5.88. The van der Waals surface area contributed by atoms with E-state index in [-0.39, 0.29) is 11.4 Å². The van der Waals surface area contributed by atoms with E-state index in [9.17, 15) is 5.11 Å². The molecule has 1 aliphatic rings. The highest BCUT2D eigenvalue weighted by molar-refractivity contribution is 5.38. The van der Waals surface area contributed by atoms with E-state index in [1.165, 1.54) is 0 Å². The van der Waals surface area contributed by atoms with Crippen molar-refractivity contribution in [3.63, 3.8) is 0 Å². The van der Waals surface area contributed by atoms with Gasteiger partial charge in [0.25, 0.3) is 0 Å². The van der Waals surface area contributed by atoms with Crippen LogP contribution in [0.15, 0.2) is 24.3 Å². The Labute approximate surface area is 90.1 Å². The lowest BCUT2D eigenvalue weighted by Gasteiger charge is -2.34. The van der Waals surface area contributed by atoms with Gasteiger partial charge in [0.05, 0.1) is 0 Å². The van der Waals surface area contributed by atoms with Crippen LogP contribution < -0.4 is 10.1 Å². The summed E-state index contributed by atoms with van der Waals surface area (Å²) in [6, 6.07) is 7.13. The van der Waals surface area contributed by atoms with Gasteiger partial charge in [-0.1, -0.05) is 12.1 Å². The van der Waals surface area contributed by atoms with Crippen molar-refractivity contribution in [1.82, 2.24) is 5.32 Å². The van der Waals surface area contributed by atoms with Gasteiger partial charge >= 0.3 is 0 Å². The Morgan fingerprint density at radius 1 is 1.27 bits per heavy atom. The number of phenolic OH excluding ortho intramolecular Hbond substituents is 1. The van der Waals surface area contributed by atoms with Gasteiger partial charge in [-0.25, -0.2) is 0 Å². The van der Waals surface area contributed by atoms with E-state index in [1.807, 2.05) is 12.1 Å². The smallest absolute Gasteiger partial charge is 0.161 e. The molecule has 1 aliphatic heterocycles. The van der Waals surface area contributed by atoms with Crippen molar-refractivity contribution in [2.75, 3.05) is 13.1 Å². The molecule has 0 radical (unpaired) electrons. The molecule has 0 aromatic heterocycles. The molecule has 1 saturated heterocycles. The maximum Gasteiger partial charge on any atom is 0.161 e. The van der Waals surface area contributed by atoms with Gasteiger partial charge in [0, 0.05) is 0 Å². The number of benzene rings is 1. The average molecular weight is 207 g/mol. The Bertz CT molecular complexity index is 332. The molecule has 2 N–H and O–H groups in total. The summed E-state index contributed by atoms with van der Waals surface area (Å²) in [6.45, 7) is 4.05. The lowest BCUT2D eigenvalue weighted by molar-refractivity contribution is 0.0528. The molecule has 0 aliphatic carbocycles. The van der Waals surface area contributed by atoms with Gasteiger partial charge in [-0.3, -0.25) is 0 Å². The van der Waals surface area contributed by atoms with Crippen LogP contribution in [0.5, 0.6) is 11.5 Å². The van der Waals surface area contributed by atoms with Crippen LogP contribution >= 0.6 is 0 Å². The van der Waals surface area contributed by atoms with E-state index in [1.54, 1.807) is 12.1 Å². The van der Waals surface area contributed by atoms with Crippen LogP contribution in [0.3, 0.4) is 0 Å². The molecule has 15 heavy (non-hydrogen) atoms. The molecule has 0 spiro atoms. The molecule has 1 aromatic rings. The fourth-order valence-corrected chi connectivity index (χ4v) is 1.87. The maximum absolute atomic E-state index is 9.61. The van der Waals surface area contributed by atoms with Crippen LogP contribution in [0, 0.1) is 0 Å². The van der Waals surface area contributed by atoms with E-state index in [0.717, 1.165) is 25.9 Å². The molecule has 0 amide bonds. The van der Waals surface area contributed by atoms with Crippen molar-refractivity contribution >= 4 is 0 Å². The summed E-state index contributed by atoms with van der Waals surface area (Å²) in [5, 5.41) is 12.9. The predicted molar refractivity (Wildman–Crippen MR) is 59.2 cm³/mol. The lowest BCUT2D eigenvalue weighted by Crippen LogP contribution is -2.43. The molecule has 3 nitrogen and oxygen atoms in total. The third-order valence-electron chi connectivity index (χ3n) is 2.88. The normalized spacial score (nSPS) is 19.8.